The Morgan fingerprint density at radius 1 is 1.05 bits per heavy atom. The third kappa shape index (κ3) is 2.09. The highest BCUT2D eigenvalue weighted by atomic mass is 16.2. The number of nitriles is 1. The van der Waals surface area contributed by atoms with Gasteiger partial charge >= 0.3 is 0 Å². The predicted octanol–water partition coefficient (Wildman–Crippen LogP) is 2.66. The van der Waals surface area contributed by atoms with E-state index in [-0.39, 0.29) is 18.4 Å². The van der Waals surface area contributed by atoms with Crippen molar-refractivity contribution >= 4 is 11.8 Å². The second kappa shape index (κ2) is 4.88. The summed E-state index contributed by atoms with van der Waals surface area (Å²) < 4.78 is 0. The molecule has 21 heavy (non-hydrogen) atoms. The Labute approximate surface area is 122 Å². The first kappa shape index (κ1) is 13.1. The van der Waals surface area contributed by atoms with Gasteiger partial charge in [0.05, 0.1) is 29.3 Å². The van der Waals surface area contributed by atoms with Crippen LogP contribution >= 0.6 is 0 Å². The zero-order chi connectivity index (χ0) is 15.0. The zero-order valence-electron chi connectivity index (χ0n) is 11.5. The summed E-state index contributed by atoms with van der Waals surface area (Å²) in [6.45, 7) is 2.06. The lowest BCUT2D eigenvalue weighted by atomic mass is 10.1. The number of benzene rings is 2. The summed E-state index contributed by atoms with van der Waals surface area (Å²) >= 11 is 0. The molecule has 0 spiro atoms. The molecule has 4 heteroatoms. The number of nitrogens with zero attached hydrogens (tertiary/aromatic N) is 2. The first-order valence-corrected chi connectivity index (χ1v) is 6.56. The molecule has 2 aromatic rings. The molecule has 0 N–H and O–H groups in total. The molecule has 0 atom stereocenters. The van der Waals surface area contributed by atoms with Crippen molar-refractivity contribution in [2.45, 2.75) is 13.5 Å². The molecular formula is C17H12N2O2. The highest BCUT2D eigenvalue weighted by molar-refractivity contribution is 6.21. The van der Waals surface area contributed by atoms with E-state index in [2.05, 4.69) is 6.07 Å². The molecule has 2 amide bonds. The van der Waals surface area contributed by atoms with E-state index >= 15 is 0 Å². The summed E-state index contributed by atoms with van der Waals surface area (Å²) in [5.74, 6) is -0.532. The Morgan fingerprint density at radius 2 is 1.67 bits per heavy atom. The van der Waals surface area contributed by atoms with E-state index in [0.29, 0.717) is 16.7 Å². The fourth-order valence-corrected chi connectivity index (χ4v) is 2.51. The molecule has 0 aliphatic carbocycles. The minimum Gasteiger partial charge on any atom is -0.270 e. The van der Waals surface area contributed by atoms with Gasteiger partial charge in [-0.1, -0.05) is 24.3 Å². The lowest BCUT2D eigenvalue weighted by Gasteiger charge is -2.14. The van der Waals surface area contributed by atoms with Crippen LogP contribution in [-0.2, 0) is 6.54 Å². The van der Waals surface area contributed by atoms with Crippen LogP contribution in [-0.4, -0.2) is 16.7 Å². The normalized spacial score (nSPS) is 13.2. The molecule has 4 nitrogen and oxygen atoms in total. The van der Waals surface area contributed by atoms with Gasteiger partial charge in [-0.15, -0.1) is 0 Å². The zero-order valence-corrected chi connectivity index (χ0v) is 11.5. The number of hydrogen-bond donors (Lipinski definition) is 0. The van der Waals surface area contributed by atoms with Gasteiger partial charge in [-0.2, -0.15) is 5.26 Å². The fraction of sp³-hybridized carbons (Fsp3) is 0.118. The molecule has 1 aliphatic rings. The third-order valence-corrected chi connectivity index (χ3v) is 3.63. The summed E-state index contributed by atoms with van der Waals surface area (Å²) in [6, 6.07) is 14.3. The molecule has 2 aromatic carbocycles. The van der Waals surface area contributed by atoms with Crippen molar-refractivity contribution in [3.63, 3.8) is 0 Å². The maximum Gasteiger partial charge on any atom is 0.261 e. The average molecular weight is 276 g/mol. The van der Waals surface area contributed by atoms with E-state index in [1.807, 2.05) is 13.0 Å². The van der Waals surface area contributed by atoms with Crippen molar-refractivity contribution in [1.82, 2.24) is 4.90 Å². The van der Waals surface area contributed by atoms with Gasteiger partial charge in [-0.05, 0) is 36.2 Å². The largest absolute Gasteiger partial charge is 0.270 e. The number of aryl methyl sites for hydroxylation is 1. The molecule has 0 bridgehead atoms. The molecular weight excluding hydrogens is 264 g/mol. The number of amides is 2. The van der Waals surface area contributed by atoms with Crippen LogP contribution in [0.5, 0.6) is 0 Å². The van der Waals surface area contributed by atoms with Crippen LogP contribution in [0.2, 0.25) is 0 Å². The highest BCUT2D eigenvalue weighted by Crippen LogP contribution is 2.24. The number of hydrogen-bond acceptors (Lipinski definition) is 3. The fourth-order valence-electron chi connectivity index (χ4n) is 2.51. The smallest absolute Gasteiger partial charge is 0.261 e. The van der Waals surface area contributed by atoms with Crippen LogP contribution in [0.1, 0.15) is 37.4 Å². The number of fused-ring (bicyclic) bond motifs is 1. The number of imide groups is 1. The SMILES string of the molecule is Cc1cc(CN2C(=O)c3ccccc3C2=O)ccc1C#N. The molecule has 0 aromatic heterocycles. The van der Waals surface area contributed by atoms with Crippen LogP contribution in [0.15, 0.2) is 42.5 Å². The first-order chi connectivity index (χ1) is 10.1. The van der Waals surface area contributed by atoms with Crippen molar-refractivity contribution in [2.75, 3.05) is 0 Å². The van der Waals surface area contributed by atoms with E-state index in [1.54, 1.807) is 36.4 Å². The molecule has 0 saturated carbocycles. The third-order valence-electron chi connectivity index (χ3n) is 3.63. The van der Waals surface area contributed by atoms with Crippen LogP contribution in [0.25, 0.3) is 0 Å². The molecule has 3 rings (SSSR count). The van der Waals surface area contributed by atoms with Crippen LogP contribution in [0.3, 0.4) is 0 Å². The van der Waals surface area contributed by atoms with Crippen LogP contribution in [0.4, 0.5) is 0 Å². The van der Waals surface area contributed by atoms with E-state index < -0.39 is 0 Å². The summed E-state index contributed by atoms with van der Waals surface area (Å²) in [6.07, 6.45) is 0. The number of carbonyl (C=O) groups excluding carboxylic acids is 2. The van der Waals surface area contributed by atoms with Crippen molar-refractivity contribution in [2.24, 2.45) is 0 Å². The van der Waals surface area contributed by atoms with Gasteiger partial charge in [0.1, 0.15) is 0 Å². The monoisotopic (exact) mass is 276 g/mol. The Balaban J connectivity index is 1.91. The van der Waals surface area contributed by atoms with Gasteiger partial charge in [-0.25, -0.2) is 0 Å². The Bertz CT molecular complexity index is 768. The molecule has 1 aliphatic heterocycles. The molecule has 0 saturated heterocycles. The summed E-state index contributed by atoms with van der Waals surface area (Å²) in [7, 11) is 0. The van der Waals surface area contributed by atoms with Crippen molar-refractivity contribution < 1.29 is 9.59 Å². The van der Waals surface area contributed by atoms with Gasteiger partial charge < -0.3 is 0 Å². The second-order valence-corrected chi connectivity index (χ2v) is 5.00. The van der Waals surface area contributed by atoms with Crippen LogP contribution < -0.4 is 0 Å². The molecule has 0 unspecified atom stereocenters. The number of carbonyl (C=O) groups is 2. The first-order valence-electron chi connectivity index (χ1n) is 6.56. The van der Waals surface area contributed by atoms with Gasteiger partial charge in [-0.3, -0.25) is 14.5 Å². The number of rotatable bonds is 2. The lowest BCUT2D eigenvalue weighted by Crippen LogP contribution is -2.29. The standard InChI is InChI=1S/C17H12N2O2/c1-11-8-12(6-7-13(11)9-18)10-19-16(20)14-4-2-3-5-15(14)17(19)21/h2-8H,10H2,1H3. The van der Waals surface area contributed by atoms with Gasteiger partial charge in [0.2, 0.25) is 0 Å². The maximum absolute atomic E-state index is 12.3. The Morgan fingerprint density at radius 3 is 2.19 bits per heavy atom. The summed E-state index contributed by atoms with van der Waals surface area (Å²) in [5, 5.41) is 8.93. The molecule has 0 radical (unpaired) electrons. The topological polar surface area (TPSA) is 61.2 Å². The predicted molar refractivity (Wildman–Crippen MR) is 76.5 cm³/mol. The van der Waals surface area contributed by atoms with E-state index in [0.717, 1.165) is 11.1 Å². The van der Waals surface area contributed by atoms with E-state index in [1.165, 1.54) is 4.90 Å². The van der Waals surface area contributed by atoms with E-state index in [4.69, 9.17) is 5.26 Å². The average Bonchev–Trinajstić information content (AvgIpc) is 2.73. The summed E-state index contributed by atoms with van der Waals surface area (Å²) in [5.41, 5.74) is 3.18. The van der Waals surface area contributed by atoms with Crippen molar-refractivity contribution in [3.8, 4) is 6.07 Å². The lowest BCUT2D eigenvalue weighted by molar-refractivity contribution is 0.0642. The van der Waals surface area contributed by atoms with Gasteiger partial charge in [0, 0.05) is 0 Å². The van der Waals surface area contributed by atoms with Gasteiger partial charge in [0.15, 0.2) is 0 Å². The Kier molecular flexibility index (Phi) is 3.03. The molecule has 1 heterocycles. The second-order valence-electron chi connectivity index (χ2n) is 5.00. The van der Waals surface area contributed by atoms with E-state index in [9.17, 15) is 9.59 Å². The minimum atomic E-state index is -0.266. The van der Waals surface area contributed by atoms with Gasteiger partial charge in [0.25, 0.3) is 11.8 Å². The highest BCUT2D eigenvalue weighted by Gasteiger charge is 2.34. The summed E-state index contributed by atoms with van der Waals surface area (Å²) in [4.78, 5) is 25.8. The van der Waals surface area contributed by atoms with Crippen molar-refractivity contribution in [3.05, 3.63) is 70.3 Å². The van der Waals surface area contributed by atoms with Crippen LogP contribution in [0, 0.1) is 18.3 Å². The molecule has 102 valence electrons. The van der Waals surface area contributed by atoms with Crippen molar-refractivity contribution in [1.29, 1.82) is 5.26 Å². The maximum atomic E-state index is 12.3. The Hall–Kier alpha value is -2.93. The minimum absolute atomic E-state index is 0.221. The quantitative estimate of drug-likeness (QED) is 0.792. The molecule has 0 fully saturated rings.